The van der Waals surface area contributed by atoms with Gasteiger partial charge in [-0.2, -0.15) is 0 Å². The van der Waals surface area contributed by atoms with Gasteiger partial charge in [0.15, 0.2) is 11.8 Å². The van der Waals surface area contributed by atoms with E-state index in [-0.39, 0.29) is 21.6 Å². The van der Waals surface area contributed by atoms with Gasteiger partial charge < -0.3 is 20.2 Å². The molecule has 5 aromatic carbocycles. The summed E-state index contributed by atoms with van der Waals surface area (Å²) >= 11 is 2.93. The number of aromatic amines is 2. The Labute approximate surface area is 338 Å². The summed E-state index contributed by atoms with van der Waals surface area (Å²) in [5.74, 6) is -0.00607. The number of nitrogens with zero attached hydrogens (tertiary/aromatic N) is 3. The van der Waals surface area contributed by atoms with Crippen molar-refractivity contribution in [1.29, 1.82) is 0 Å². The molecule has 10 rings (SSSR count). The molecular formula is C41H29N7O6S4. The highest BCUT2D eigenvalue weighted by atomic mass is 32.2. The van der Waals surface area contributed by atoms with Crippen LogP contribution in [-0.2, 0) is 20.0 Å². The molecule has 5 heterocycles. The Morgan fingerprint density at radius 3 is 1.48 bits per heavy atom. The number of fused-ring (bicyclic) bond motifs is 4. The van der Waals surface area contributed by atoms with Gasteiger partial charge in [0.1, 0.15) is 14.9 Å². The lowest BCUT2D eigenvalue weighted by Gasteiger charge is -2.08. The number of anilines is 2. The molecule has 0 aliphatic carbocycles. The zero-order chi connectivity index (χ0) is 40.0. The second kappa shape index (κ2) is 14.6. The number of hydrogen-bond donors (Lipinski definition) is 6. The van der Waals surface area contributed by atoms with Crippen molar-refractivity contribution < 1.29 is 27.0 Å². The van der Waals surface area contributed by atoms with Gasteiger partial charge >= 0.3 is 0 Å². The van der Waals surface area contributed by atoms with Gasteiger partial charge in [-0.15, -0.1) is 22.7 Å². The number of benzene rings is 5. The average Bonchev–Trinajstić information content (AvgIpc) is 4.00. The van der Waals surface area contributed by atoms with Crippen molar-refractivity contribution in [1.82, 2.24) is 24.9 Å². The number of hydrogen-bond acceptors (Lipinski definition) is 11. The fourth-order valence-corrected chi connectivity index (χ4v) is 10.5. The Morgan fingerprint density at radius 2 is 1.00 bits per heavy atom. The third-order valence-corrected chi connectivity index (χ3v) is 13.9. The van der Waals surface area contributed by atoms with Crippen molar-refractivity contribution in [2.45, 2.75) is 9.79 Å². The molecule has 0 amide bonds. The number of sulfonamides is 2. The summed E-state index contributed by atoms with van der Waals surface area (Å²) < 4.78 is 57.6. The van der Waals surface area contributed by atoms with E-state index in [0.717, 1.165) is 20.4 Å². The van der Waals surface area contributed by atoms with Crippen molar-refractivity contribution in [3.05, 3.63) is 140 Å². The number of nitrogens with one attached hydrogen (secondary N) is 4. The number of para-hydroxylation sites is 2. The van der Waals surface area contributed by atoms with E-state index in [4.69, 9.17) is 0 Å². The number of aromatic hydroxyl groups is 2. The maximum atomic E-state index is 12.6. The minimum absolute atomic E-state index is 0.00197. The molecular weight excluding hydrogens is 815 g/mol. The molecule has 0 aliphatic rings. The molecule has 0 saturated carbocycles. The summed E-state index contributed by atoms with van der Waals surface area (Å²) in [4.78, 5) is 19.2. The fraction of sp³-hybridized carbons (Fsp3) is 0. The standard InChI is InChI=1S/C21H15N3O3S2.C20H14N4O3S2/c25-20-19(21-23-17-8-4-5-9-18(17)28-21)15-12-13(10-11-16(15)22-20)24-29(26,27)14-6-2-1-3-7-14;25-19-18(20-23-16-5-1-2-6-17(16)28-20)14-10-12(7-8-15(14)22-19)24-29(26,27)13-4-3-9-21-11-13/h1-12,22,24-25H;1-11,22,24-25H. The molecule has 0 aliphatic heterocycles. The van der Waals surface area contributed by atoms with Gasteiger partial charge in [0.05, 0.1) is 36.5 Å². The number of thiazole rings is 2. The molecule has 0 bridgehead atoms. The Balaban J connectivity index is 0.000000150. The van der Waals surface area contributed by atoms with E-state index in [2.05, 4.69) is 34.4 Å². The number of H-pyrrole nitrogens is 2. The van der Waals surface area contributed by atoms with Crippen LogP contribution < -0.4 is 9.44 Å². The maximum absolute atomic E-state index is 12.6. The average molecular weight is 844 g/mol. The van der Waals surface area contributed by atoms with Gasteiger partial charge in [0.25, 0.3) is 20.0 Å². The van der Waals surface area contributed by atoms with Crippen LogP contribution in [0.3, 0.4) is 0 Å². The summed E-state index contributed by atoms with van der Waals surface area (Å²) in [6.45, 7) is 0. The summed E-state index contributed by atoms with van der Waals surface area (Å²) in [6, 6.07) is 36.8. The zero-order valence-electron chi connectivity index (χ0n) is 29.8. The van der Waals surface area contributed by atoms with E-state index in [1.807, 2.05) is 48.5 Å². The molecule has 58 heavy (non-hydrogen) atoms. The summed E-state index contributed by atoms with van der Waals surface area (Å²) in [5.41, 5.74) is 4.95. The molecule has 6 N–H and O–H groups in total. The molecule has 0 unspecified atom stereocenters. The van der Waals surface area contributed by atoms with E-state index >= 15 is 0 Å². The zero-order valence-corrected chi connectivity index (χ0v) is 33.0. The minimum atomic E-state index is -3.77. The Bertz CT molecular complexity index is 3070. The van der Waals surface area contributed by atoms with Crippen LogP contribution in [0, 0.1) is 0 Å². The van der Waals surface area contributed by atoms with Gasteiger partial charge in [-0.05, 0) is 84.9 Å². The molecule has 288 valence electrons. The highest BCUT2D eigenvalue weighted by Crippen LogP contribution is 2.43. The predicted octanol–water partition coefficient (Wildman–Crippen LogP) is 9.30. The SMILES string of the molecule is O=S(=O)(Nc1ccc2[nH]c(O)c(-c3nc4ccccc4s3)c2c1)c1ccccc1.O=S(=O)(Nc1ccc2[nH]c(O)c(-c3nc4ccccc4s3)c2c1)c1cccnc1. The molecule has 13 nitrogen and oxygen atoms in total. The van der Waals surface area contributed by atoms with Gasteiger partial charge in [0, 0.05) is 45.6 Å². The smallest absolute Gasteiger partial charge is 0.263 e. The Morgan fingerprint density at radius 1 is 0.534 bits per heavy atom. The first-order valence-corrected chi connectivity index (χ1v) is 22.0. The molecule has 0 fully saturated rings. The normalized spacial score (nSPS) is 11.9. The molecule has 0 atom stereocenters. The maximum Gasteiger partial charge on any atom is 0.263 e. The summed E-state index contributed by atoms with van der Waals surface area (Å²) in [7, 11) is -7.48. The van der Waals surface area contributed by atoms with E-state index in [0.29, 0.717) is 54.3 Å². The van der Waals surface area contributed by atoms with Crippen LogP contribution in [0.4, 0.5) is 11.4 Å². The largest absolute Gasteiger partial charge is 0.494 e. The second-order valence-corrected chi connectivity index (χ2v) is 18.3. The number of aromatic nitrogens is 5. The van der Waals surface area contributed by atoms with Gasteiger partial charge in [-0.25, -0.2) is 26.8 Å². The van der Waals surface area contributed by atoms with Crippen LogP contribution >= 0.6 is 22.7 Å². The van der Waals surface area contributed by atoms with Crippen LogP contribution in [0.25, 0.3) is 63.4 Å². The van der Waals surface area contributed by atoms with Crippen LogP contribution in [0.15, 0.2) is 150 Å². The second-order valence-electron chi connectivity index (χ2n) is 12.9. The van der Waals surface area contributed by atoms with Crippen LogP contribution in [0.5, 0.6) is 11.8 Å². The first-order chi connectivity index (χ1) is 28.0. The quantitative estimate of drug-likeness (QED) is 0.0862. The van der Waals surface area contributed by atoms with E-state index in [9.17, 15) is 27.0 Å². The van der Waals surface area contributed by atoms with E-state index in [1.54, 1.807) is 60.7 Å². The molecule has 0 radical (unpaired) electrons. The summed E-state index contributed by atoms with van der Waals surface area (Å²) in [6.07, 6.45) is 2.80. The first kappa shape index (κ1) is 36.8. The van der Waals surface area contributed by atoms with Crippen molar-refractivity contribution in [2.75, 3.05) is 9.44 Å². The number of rotatable bonds is 8. The topological polar surface area (TPSA) is 203 Å². The fourth-order valence-electron chi connectivity index (χ4n) is 6.41. The van der Waals surface area contributed by atoms with Crippen molar-refractivity contribution >= 4 is 96.3 Å². The molecule has 0 spiro atoms. The third kappa shape index (κ3) is 7.07. The van der Waals surface area contributed by atoms with Crippen LogP contribution in [-0.4, -0.2) is 52.0 Å². The van der Waals surface area contributed by atoms with Gasteiger partial charge in [-0.3, -0.25) is 14.4 Å². The van der Waals surface area contributed by atoms with Gasteiger partial charge in [-0.1, -0.05) is 42.5 Å². The van der Waals surface area contributed by atoms with E-state index < -0.39 is 20.0 Å². The highest BCUT2D eigenvalue weighted by Gasteiger charge is 2.21. The lowest BCUT2D eigenvalue weighted by molar-refractivity contribution is 0.459. The molecule has 10 aromatic rings. The lowest BCUT2D eigenvalue weighted by atomic mass is 10.1. The molecule has 0 saturated heterocycles. The van der Waals surface area contributed by atoms with Crippen molar-refractivity contribution in [3.63, 3.8) is 0 Å². The Hall–Kier alpha value is -6.79. The van der Waals surface area contributed by atoms with Crippen molar-refractivity contribution in [2.24, 2.45) is 0 Å². The first-order valence-electron chi connectivity index (χ1n) is 17.4. The third-order valence-electron chi connectivity index (χ3n) is 9.08. The Kier molecular flexibility index (Phi) is 9.28. The lowest BCUT2D eigenvalue weighted by Crippen LogP contribution is -2.12. The summed E-state index contributed by atoms with van der Waals surface area (Å²) in [5, 5.41) is 23.6. The van der Waals surface area contributed by atoms with Crippen molar-refractivity contribution in [3.8, 4) is 32.9 Å². The van der Waals surface area contributed by atoms with Gasteiger partial charge in [0.2, 0.25) is 0 Å². The van der Waals surface area contributed by atoms with E-state index in [1.165, 1.54) is 53.3 Å². The highest BCUT2D eigenvalue weighted by molar-refractivity contribution is 7.93. The van der Waals surface area contributed by atoms with Crippen LogP contribution in [0.1, 0.15) is 0 Å². The van der Waals surface area contributed by atoms with Crippen LogP contribution in [0.2, 0.25) is 0 Å². The minimum Gasteiger partial charge on any atom is -0.494 e. The monoisotopic (exact) mass is 843 g/mol. The molecule has 5 aromatic heterocycles. The molecule has 17 heteroatoms. The predicted molar refractivity (Wildman–Crippen MR) is 229 cm³/mol. The number of pyridine rings is 1.